The number of ether oxygens (including phenoxy) is 2. The number of hydrogen-bond acceptors (Lipinski definition) is 5. The third kappa shape index (κ3) is 3.93. The quantitative estimate of drug-likeness (QED) is 0.597. The molecule has 1 amide bonds. The molecule has 3 rings (SSSR count). The van der Waals surface area contributed by atoms with Crippen molar-refractivity contribution in [3.05, 3.63) is 60.2 Å². The van der Waals surface area contributed by atoms with Gasteiger partial charge in [0, 0.05) is 11.1 Å². The molecule has 0 saturated carbocycles. The summed E-state index contributed by atoms with van der Waals surface area (Å²) < 4.78 is 10.5. The minimum atomic E-state index is -0.445. The summed E-state index contributed by atoms with van der Waals surface area (Å²) in [7, 11) is 2.96. The molecule has 138 valence electrons. The molecule has 3 aromatic rings. The lowest BCUT2D eigenvalue weighted by atomic mass is 10.1. The van der Waals surface area contributed by atoms with Crippen molar-refractivity contribution in [2.24, 2.45) is 0 Å². The van der Waals surface area contributed by atoms with Gasteiger partial charge in [0.2, 0.25) is 0 Å². The minimum Gasteiger partial charge on any atom is -0.508 e. The summed E-state index contributed by atoms with van der Waals surface area (Å²) in [6.07, 6.45) is 0. The standard InChI is InChI=1S/C20H18N2O4S/c1-25-16-7-4-8-17(26-2)18(16)19(24)22-20(27)21-15-6-3-5-12-11-13(23)9-10-14(12)15/h3-11,23H,1-2H3,(H2,21,22,24,27). The number of aromatic hydroxyl groups is 1. The summed E-state index contributed by atoms with van der Waals surface area (Å²) in [4.78, 5) is 12.7. The van der Waals surface area contributed by atoms with Gasteiger partial charge in [0.05, 0.1) is 14.2 Å². The lowest BCUT2D eigenvalue weighted by molar-refractivity contribution is 0.0971. The molecule has 0 unspecified atom stereocenters. The molecule has 0 aliphatic rings. The number of phenols is 1. The number of amides is 1. The molecule has 0 aliphatic heterocycles. The van der Waals surface area contributed by atoms with Crippen LogP contribution in [0.15, 0.2) is 54.6 Å². The first-order chi connectivity index (χ1) is 13.0. The average Bonchev–Trinajstić information content (AvgIpc) is 2.66. The summed E-state index contributed by atoms with van der Waals surface area (Å²) in [6, 6.07) is 15.6. The fourth-order valence-corrected chi connectivity index (χ4v) is 2.98. The molecule has 3 aromatic carbocycles. The van der Waals surface area contributed by atoms with Crippen molar-refractivity contribution in [1.82, 2.24) is 5.32 Å². The Labute approximate surface area is 161 Å². The van der Waals surface area contributed by atoms with Gasteiger partial charge in [-0.3, -0.25) is 10.1 Å². The van der Waals surface area contributed by atoms with Crippen LogP contribution < -0.4 is 20.1 Å². The highest BCUT2D eigenvalue weighted by atomic mass is 32.1. The molecule has 0 aliphatic carbocycles. The number of nitrogens with one attached hydrogen (secondary N) is 2. The van der Waals surface area contributed by atoms with Gasteiger partial charge in [0.25, 0.3) is 5.91 Å². The molecule has 0 heterocycles. The van der Waals surface area contributed by atoms with Gasteiger partial charge in [-0.15, -0.1) is 0 Å². The zero-order chi connectivity index (χ0) is 19.4. The van der Waals surface area contributed by atoms with Crippen molar-refractivity contribution in [1.29, 1.82) is 0 Å². The first kappa shape index (κ1) is 18.5. The van der Waals surface area contributed by atoms with Gasteiger partial charge in [-0.1, -0.05) is 18.2 Å². The van der Waals surface area contributed by atoms with E-state index in [9.17, 15) is 9.90 Å². The Balaban J connectivity index is 1.82. The molecule has 3 N–H and O–H groups in total. The third-order valence-corrected chi connectivity index (χ3v) is 4.20. The number of benzene rings is 3. The lowest BCUT2D eigenvalue weighted by Crippen LogP contribution is -2.34. The maximum Gasteiger partial charge on any atom is 0.264 e. The van der Waals surface area contributed by atoms with E-state index in [0.29, 0.717) is 17.2 Å². The van der Waals surface area contributed by atoms with Crippen LogP contribution in [0.1, 0.15) is 10.4 Å². The van der Waals surface area contributed by atoms with Crippen molar-refractivity contribution in [3.8, 4) is 17.2 Å². The van der Waals surface area contributed by atoms with Crippen LogP contribution in [0.5, 0.6) is 17.2 Å². The lowest BCUT2D eigenvalue weighted by Gasteiger charge is -2.15. The Hall–Kier alpha value is -3.32. The number of fused-ring (bicyclic) bond motifs is 1. The van der Waals surface area contributed by atoms with E-state index in [2.05, 4.69) is 10.6 Å². The molecule has 6 nitrogen and oxygen atoms in total. The number of phenolic OH excluding ortho intramolecular Hbond substituents is 1. The van der Waals surface area contributed by atoms with E-state index >= 15 is 0 Å². The summed E-state index contributed by atoms with van der Waals surface area (Å²) in [6.45, 7) is 0. The van der Waals surface area contributed by atoms with E-state index in [4.69, 9.17) is 21.7 Å². The van der Waals surface area contributed by atoms with Gasteiger partial charge in [0.1, 0.15) is 22.8 Å². The Morgan fingerprint density at radius 1 is 1.00 bits per heavy atom. The molecule has 0 atom stereocenters. The van der Waals surface area contributed by atoms with Crippen LogP contribution in [0.25, 0.3) is 10.8 Å². The normalized spacial score (nSPS) is 10.3. The molecule has 0 fully saturated rings. The predicted octanol–water partition coefficient (Wildman–Crippen LogP) is 3.69. The Morgan fingerprint density at radius 3 is 2.33 bits per heavy atom. The Kier molecular flexibility index (Phi) is 5.42. The molecule has 0 saturated heterocycles. The van der Waals surface area contributed by atoms with Crippen LogP contribution in [0, 0.1) is 0 Å². The minimum absolute atomic E-state index is 0.133. The van der Waals surface area contributed by atoms with Crippen LogP contribution in [0.4, 0.5) is 5.69 Å². The second kappa shape index (κ2) is 7.92. The Bertz CT molecular complexity index is 998. The van der Waals surface area contributed by atoms with Crippen LogP contribution in [-0.2, 0) is 0 Å². The Morgan fingerprint density at radius 2 is 1.67 bits per heavy atom. The largest absolute Gasteiger partial charge is 0.508 e. The summed E-state index contributed by atoms with van der Waals surface area (Å²) >= 11 is 5.29. The first-order valence-electron chi connectivity index (χ1n) is 8.08. The van der Waals surface area contributed by atoms with E-state index in [1.54, 1.807) is 36.4 Å². The molecule has 0 bridgehead atoms. The summed E-state index contributed by atoms with van der Waals surface area (Å²) in [5.74, 6) is 0.504. The average molecular weight is 382 g/mol. The summed E-state index contributed by atoms with van der Waals surface area (Å²) in [5.41, 5.74) is 0.972. The van der Waals surface area contributed by atoms with Gasteiger partial charge in [-0.05, 0) is 54.0 Å². The zero-order valence-corrected chi connectivity index (χ0v) is 15.6. The number of hydrogen-bond donors (Lipinski definition) is 3. The molecule has 27 heavy (non-hydrogen) atoms. The van der Waals surface area contributed by atoms with Crippen molar-refractivity contribution < 1.29 is 19.4 Å². The SMILES string of the molecule is COc1cccc(OC)c1C(=O)NC(=S)Nc1cccc2cc(O)ccc12. The summed E-state index contributed by atoms with van der Waals surface area (Å²) in [5, 5.41) is 17.1. The number of thiocarbonyl (C=S) groups is 1. The fourth-order valence-electron chi connectivity index (χ4n) is 2.77. The molecule has 0 aromatic heterocycles. The van der Waals surface area contributed by atoms with Crippen LogP contribution >= 0.6 is 12.2 Å². The second-order valence-corrected chi connectivity index (χ2v) is 6.07. The van der Waals surface area contributed by atoms with Gasteiger partial charge >= 0.3 is 0 Å². The van der Waals surface area contributed by atoms with E-state index in [1.807, 2.05) is 18.2 Å². The van der Waals surface area contributed by atoms with E-state index in [0.717, 1.165) is 10.8 Å². The number of rotatable bonds is 4. The highest BCUT2D eigenvalue weighted by Gasteiger charge is 2.19. The smallest absolute Gasteiger partial charge is 0.264 e. The van der Waals surface area contributed by atoms with E-state index < -0.39 is 5.91 Å². The number of anilines is 1. The maximum absolute atomic E-state index is 12.7. The highest BCUT2D eigenvalue weighted by molar-refractivity contribution is 7.80. The van der Waals surface area contributed by atoms with Crippen LogP contribution in [0.2, 0.25) is 0 Å². The van der Waals surface area contributed by atoms with Gasteiger partial charge in [-0.2, -0.15) is 0 Å². The van der Waals surface area contributed by atoms with Gasteiger partial charge < -0.3 is 19.9 Å². The fraction of sp³-hybridized carbons (Fsp3) is 0.100. The molecular formula is C20H18N2O4S. The molecular weight excluding hydrogens is 364 g/mol. The number of carbonyl (C=O) groups excluding carboxylic acids is 1. The second-order valence-electron chi connectivity index (χ2n) is 5.66. The van der Waals surface area contributed by atoms with Crippen LogP contribution in [-0.4, -0.2) is 30.3 Å². The first-order valence-corrected chi connectivity index (χ1v) is 8.49. The number of methoxy groups -OCH3 is 2. The highest BCUT2D eigenvalue weighted by Crippen LogP contribution is 2.29. The van der Waals surface area contributed by atoms with Crippen molar-refractivity contribution >= 4 is 39.7 Å². The van der Waals surface area contributed by atoms with E-state index in [-0.39, 0.29) is 16.4 Å². The van der Waals surface area contributed by atoms with Crippen molar-refractivity contribution in [2.45, 2.75) is 0 Å². The predicted molar refractivity (Wildman–Crippen MR) is 109 cm³/mol. The van der Waals surface area contributed by atoms with Crippen molar-refractivity contribution in [2.75, 3.05) is 19.5 Å². The molecule has 7 heteroatoms. The van der Waals surface area contributed by atoms with E-state index in [1.165, 1.54) is 14.2 Å². The van der Waals surface area contributed by atoms with Gasteiger partial charge in [-0.25, -0.2) is 0 Å². The maximum atomic E-state index is 12.7. The zero-order valence-electron chi connectivity index (χ0n) is 14.8. The number of carbonyl (C=O) groups is 1. The molecule has 0 spiro atoms. The third-order valence-electron chi connectivity index (χ3n) is 3.99. The van der Waals surface area contributed by atoms with Crippen molar-refractivity contribution in [3.63, 3.8) is 0 Å². The monoisotopic (exact) mass is 382 g/mol. The molecule has 0 radical (unpaired) electrons. The van der Waals surface area contributed by atoms with Gasteiger partial charge in [0.15, 0.2) is 5.11 Å². The van der Waals surface area contributed by atoms with Crippen LogP contribution in [0.3, 0.4) is 0 Å². The topological polar surface area (TPSA) is 79.8 Å².